The van der Waals surface area contributed by atoms with Gasteiger partial charge in [0.25, 0.3) is 0 Å². The third-order valence-corrected chi connectivity index (χ3v) is 3.68. The first-order chi connectivity index (χ1) is 9.90. The van der Waals surface area contributed by atoms with E-state index in [0.717, 1.165) is 0 Å². The van der Waals surface area contributed by atoms with Crippen molar-refractivity contribution in [2.45, 2.75) is 12.5 Å². The Labute approximate surface area is 128 Å². The van der Waals surface area contributed by atoms with E-state index in [9.17, 15) is 19.8 Å². The fraction of sp³-hybridized carbons (Fsp3) is 0.308. The first kappa shape index (κ1) is 15.3. The van der Waals surface area contributed by atoms with Crippen LogP contribution in [0.15, 0.2) is 27.7 Å². The molecule has 0 amide bonds. The van der Waals surface area contributed by atoms with E-state index in [1.54, 1.807) is 12.1 Å². The lowest BCUT2D eigenvalue weighted by Gasteiger charge is -2.26. The van der Waals surface area contributed by atoms with E-state index in [4.69, 9.17) is 5.11 Å². The Kier molecular flexibility index (Phi) is 4.46. The van der Waals surface area contributed by atoms with Crippen LogP contribution >= 0.6 is 15.9 Å². The molecule has 0 fully saturated rings. The van der Waals surface area contributed by atoms with E-state index in [1.807, 2.05) is 0 Å². The summed E-state index contributed by atoms with van der Waals surface area (Å²) in [5, 5.41) is 28.2. The van der Waals surface area contributed by atoms with Gasteiger partial charge in [0.15, 0.2) is 0 Å². The number of rotatable bonds is 5. The van der Waals surface area contributed by atoms with Crippen LogP contribution in [-0.2, 0) is 16.0 Å². The molecule has 7 nitrogen and oxygen atoms in total. The number of amidine groups is 1. The lowest BCUT2D eigenvalue weighted by Crippen LogP contribution is -2.47. The summed E-state index contributed by atoms with van der Waals surface area (Å²) in [6.07, 6.45) is -0.0209. The predicted molar refractivity (Wildman–Crippen MR) is 77.6 cm³/mol. The van der Waals surface area contributed by atoms with Crippen LogP contribution in [0.4, 0.5) is 0 Å². The van der Waals surface area contributed by atoms with E-state index < -0.39 is 18.0 Å². The molecule has 1 unspecified atom stereocenters. The lowest BCUT2D eigenvalue weighted by atomic mass is 10.0. The van der Waals surface area contributed by atoms with Crippen molar-refractivity contribution in [3.63, 3.8) is 0 Å². The first-order valence-electron chi connectivity index (χ1n) is 6.14. The number of aliphatic imine (C=N–C) groups is 1. The van der Waals surface area contributed by atoms with Crippen LogP contribution < -0.4 is 0 Å². The number of carboxylic acid groups (broad SMARTS) is 2. The van der Waals surface area contributed by atoms with Gasteiger partial charge in [-0.15, -0.1) is 0 Å². The quantitative estimate of drug-likeness (QED) is 0.724. The van der Waals surface area contributed by atoms with E-state index >= 15 is 0 Å². The number of aromatic hydroxyl groups is 1. The molecule has 1 atom stereocenters. The SMILES string of the molecule is O=C(O)C1=NCCN1C(Cc1cc(Br)ccc1O)C(=O)O. The Hall–Kier alpha value is -2.09. The number of nitrogens with zero attached hydrogens (tertiary/aromatic N) is 2. The number of halogens is 1. The average Bonchev–Trinajstić information content (AvgIpc) is 2.88. The molecule has 8 heteroatoms. The Morgan fingerprint density at radius 3 is 2.71 bits per heavy atom. The van der Waals surface area contributed by atoms with Gasteiger partial charge in [-0.1, -0.05) is 15.9 Å². The molecule has 3 N–H and O–H groups in total. The largest absolute Gasteiger partial charge is 0.508 e. The standard InChI is InChI=1S/C13H13BrN2O5/c14-8-1-2-10(17)7(5-8)6-9(12(18)19)16-4-3-15-11(16)13(20)21/h1-2,5,9,17H,3-4,6H2,(H,18,19)(H,20,21). The molecule has 0 spiro atoms. The summed E-state index contributed by atoms with van der Waals surface area (Å²) in [5.41, 5.74) is 0.424. The Balaban J connectivity index is 2.28. The monoisotopic (exact) mass is 356 g/mol. The summed E-state index contributed by atoms with van der Waals surface area (Å²) in [6.45, 7) is 0.475. The first-order valence-corrected chi connectivity index (χ1v) is 6.94. The number of carbonyl (C=O) groups is 2. The fourth-order valence-corrected chi connectivity index (χ4v) is 2.62. The second kappa shape index (κ2) is 6.13. The average molecular weight is 357 g/mol. The number of phenolic OH excluding ortho intramolecular Hbond substituents is 1. The number of carboxylic acids is 2. The molecule has 0 aromatic heterocycles. The molecular weight excluding hydrogens is 344 g/mol. The van der Waals surface area contributed by atoms with Crippen molar-refractivity contribution >= 4 is 33.7 Å². The topological polar surface area (TPSA) is 110 Å². The number of hydrogen-bond acceptors (Lipinski definition) is 5. The van der Waals surface area contributed by atoms with Crippen molar-refractivity contribution in [1.82, 2.24) is 4.90 Å². The summed E-state index contributed by atoms with van der Waals surface area (Å²) in [5.74, 6) is -2.70. The van der Waals surface area contributed by atoms with Gasteiger partial charge < -0.3 is 20.2 Å². The van der Waals surface area contributed by atoms with Crippen LogP contribution in [-0.4, -0.2) is 57.1 Å². The van der Waals surface area contributed by atoms with Gasteiger partial charge in [0.1, 0.15) is 11.8 Å². The van der Waals surface area contributed by atoms with Crippen LogP contribution in [0.3, 0.4) is 0 Å². The van der Waals surface area contributed by atoms with E-state index in [-0.39, 0.29) is 31.1 Å². The fourth-order valence-electron chi connectivity index (χ4n) is 2.21. The maximum absolute atomic E-state index is 11.5. The molecule has 1 heterocycles. The van der Waals surface area contributed by atoms with Crippen LogP contribution in [0.1, 0.15) is 5.56 Å². The van der Waals surface area contributed by atoms with Gasteiger partial charge >= 0.3 is 11.9 Å². The Bertz CT molecular complexity index is 617. The maximum atomic E-state index is 11.5. The van der Waals surface area contributed by atoms with Gasteiger partial charge in [-0.25, -0.2) is 9.59 Å². The summed E-state index contributed by atoms with van der Waals surface area (Å²) in [4.78, 5) is 27.6. The lowest BCUT2D eigenvalue weighted by molar-refractivity contribution is -0.141. The zero-order chi connectivity index (χ0) is 15.6. The van der Waals surface area contributed by atoms with Gasteiger partial charge in [-0.05, 0) is 23.8 Å². The molecule has 0 saturated carbocycles. The summed E-state index contributed by atoms with van der Waals surface area (Å²) < 4.78 is 0.702. The van der Waals surface area contributed by atoms with Crippen molar-refractivity contribution in [2.75, 3.05) is 13.1 Å². The van der Waals surface area contributed by atoms with Gasteiger partial charge in [0.2, 0.25) is 5.84 Å². The Morgan fingerprint density at radius 2 is 2.10 bits per heavy atom. The third kappa shape index (κ3) is 3.33. The van der Waals surface area contributed by atoms with Gasteiger partial charge in [-0.2, -0.15) is 0 Å². The number of aliphatic carboxylic acids is 2. The summed E-state index contributed by atoms with van der Waals surface area (Å²) in [6, 6.07) is 3.60. The number of phenols is 1. The molecule has 0 bridgehead atoms. The summed E-state index contributed by atoms with van der Waals surface area (Å²) in [7, 11) is 0. The zero-order valence-corrected chi connectivity index (χ0v) is 12.4. The van der Waals surface area contributed by atoms with Crippen molar-refractivity contribution in [3.05, 3.63) is 28.2 Å². The van der Waals surface area contributed by atoms with Crippen molar-refractivity contribution in [3.8, 4) is 5.75 Å². The second-order valence-electron chi connectivity index (χ2n) is 4.54. The maximum Gasteiger partial charge on any atom is 0.371 e. The van der Waals surface area contributed by atoms with Crippen LogP contribution in [0.2, 0.25) is 0 Å². The molecule has 1 aromatic rings. The van der Waals surface area contributed by atoms with Crippen molar-refractivity contribution in [1.29, 1.82) is 0 Å². The molecule has 2 rings (SSSR count). The smallest absolute Gasteiger partial charge is 0.371 e. The van der Waals surface area contributed by atoms with Gasteiger partial charge in [0.05, 0.1) is 6.54 Å². The molecule has 1 aliphatic heterocycles. The molecular formula is C13H13BrN2O5. The minimum Gasteiger partial charge on any atom is -0.508 e. The predicted octanol–water partition coefficient (Wildman–Crippen LogP) is 0.949. The Morgan fingerprint density at radius 1 is 1.38 bits per heavy atom. The van der Waals surface area contributed by atoms with Crippen LogP contribution in [0.5, 0.6) is 5.75 Å². The molecule has 0 saturated heterocycles. The van der Waals surface area contributed by atoms with Crippen LogP contribution in [0.25, 0.3) is 0 Å². The minimum atomic E-state index is -1.25. The minimum absolute atomic E-state index is 0.0209. The van der Waals surface area contributed by atoms with E-state index in [0.29, 0.717) is 10.0 Å². The van der Waals surface area contributed by atoms with E-state index in [1.165, 1.54) is 11.0 Å². The second-order valence-corrected chi connectivity index (χ2v) is 5.45. The molecule has 1 aromatic carbocycles. The van der Waals surface area contributed by atoms with Crippen molar-refractivity contribution < 1.29 is 24.9 Å². The molecule has 0 aliphatic carbocycles. The van der Waals surface area contributed by atoms with Gasteiger partial charge in [-0.3, -0.25) is 4.99 Å². The molecule has 112 valence electrons. The zero-order valence-electron chi connectivity index (χ0n) is 10.9. The van der Waals surface area contributed by atoms with Crippen molar-refractivity contribution in [2.24, 2.45) is 4.99 Å². The van der Waals surface area contributed by atoms with Crippen LogP contribution in [0, 0.1) is 0 Å². The normalized spacial score (nSPS) is 15.7. The number of hydrogen-bond donors (Lipinski definition) is 3. The highest BCUT2D eigenvalue weighted by atomic mass is 79.9. The molecule has 0 radical (unpaired) electrons. The highest BCUT2D eigenvalue weighted by Crippen LogP contribution is 2.25. The highest BCUT2D eigenvalue weighted by Gasteiger charge is 2.34. The highest BCUT2D eigenvalue weighted by molar-refractivity contribution is 9.10. The molecule has 1 aliphatic rings. The van der Waals surface area contributed by atoms with E-state index in [2.05, 4.69) is 20.9 Å². The molecule has 21 heavy (non-hydrogen) atoms. The van der Waals surface area contributed by atoms with Gasteiger partial charge in [0, 0.05) is 17.4 Å². The number of benzene rings is 1. The third-order valence-electron chi connectivity index (χ3n) is 3.18. The summed E-state index contributed by atoms with van der Waals surface area (Å²) >= 11 is 3.25.